The van der Waals surface area contributed by atoms with Gasteiger partial charge in [-0.05, 0) is 50.1 Å². The number of carbonyl (C=O) groups excluding carboxylic acids is 1. The smallest absolute Gasteiger partial charge is 0.255 e. The van der Waals surface area contributed by atoms with E-state index >= 15 is 0 Å². The summed E-state index contributed by atoms with van der Waals surface area (Å²) < 4.78 is 5.23. The molecule has 6 nitrogen and oxygen atoms in total. The molecule has 0 aliphatic heterocycles. The highest BCUT2D eigenvalue weighted by atomic mass is 32.2. The number of anilines is 1. The molecule has 0 aliphatic carbocycles. The summed E-state index contributed by atoms with van der Waals surface area (Å²) in [5.41, 5.74) is 4.58. The summed E-state index contributed by atoms with van der Waals surface area (Å²) >= 11 is 1.43. The monoisotopic (exact) mass is 423 g/mol. The predicted molar refractivity (Wildman–Crippen MR) is 120 cm³/mol. The number of rotatable bonds is 7. The molecule has 0 radical (unpaired) electrons. The third-order valence-electron chi connectivity index (χ3n) is 4.70. The fourth-order valence-electron chi connectivity index (χ4n) is 3.08. The summed E-state index contributed by atoms with van der Waals surface area (Å²) in [4.78, 5) is 32.3. The Morgan fingerprint density at radius 2 is 1.97 bits per heavy atom. The Kier molecular flexibility index (Phi) is 6.95. The molecular formula is C23H25N3O3S. The molecule has 3 aromatic rings. The summed E-state index contributed by atoms with van der Waals surface area (Å²) in [6, 6.07) is 13.6. The van der Waals surface area contributed by atoms with Gasteiger partial charge in [0.25, 0.3) is 5.56 Å². The minimum atomic E-state index is -0.286. The van der Waals surface area contributed by atoms with Gasteiger partial charge >= 0.3 is 0 Å². The van der Waals surface area contributed by atoms with Crippen LogP contribution in [0.3, 0.4) is 0 Å². The van der Waals surface area contributed by atoms with Crippen LogP contribution in [0.25, 0.3) is 0 Å². The van der Waals surface area contributed by atoms with Gasteiger partial charge in [0.2, 0.25) is 5.91 Å². The maximum absolute atomic E-state index is 12.6. The average molecular weight is 424 g/mol. The van der Waals surface area contributed by atoms with Crippen LogP contribution in [-0.4, -0.2) is 23.0 Å². The fraction of sp³-hybridized carbons (Fsp3) is 0.261. The molecule has 3 rings (SSSR count). The zero-order valence-corrected chi connectivity index (χ0v) is 18.4. The Bertz CT molecular complexity index is 1120. The van der Waals surface area contributed by atoms with Gasteiger partial charge < -0.3 is 15.0 Å². The van der Waals surface area contributed by atoms with Gasteiger partial charge in [-0.1, -0.05) is 41.6 Å². The summed E-state index contributed by atoms with van der Waals surface area (Å²) in [6.07, 6.45) is -0.0255. The number of H-pyrrole nitrogens is 1. The van der Waals surface area contributed by atoms with Crippen LogP contribution in [0, 0.1) is 20.8 Å². The van der Waals surface area contributed by atoms with Crippen molar-refractivity contribution in [3.05, 3.63) is 80.8 Å². The van der Waals surface area contributed by atoms with Crippen molar-refractivity contribution in [2.75, 3.05) is 12.4 Å². The van der Waals surface area contributed by atoms with Crippen molar-refractivity contribution in [3.63, 3.8) is 0 Å². The van der Waals surface area contributed by atoms with Crippen LogP contribution in [0.5, 0.6) is 5.75 Å². The third-order valence-corrected chi connectivity index (χ3v) is 5.65. The fourth-order valence-corrected chi connectivity index (χ4v) is 3.93. The summed E-state index contributed by atoms with van der Waals surface area (Å²) in [5, 5.41) is 3.40. The van der Waals surface area contributed by atoms with E-state index in [2.05, 4.69) is 15.3 Å². The predicted octanol–water partition coefficient (Wildman–Crippen LogP) is 4.18. The van der Waals surface area contributed by atoms with E-state index in [4.69, 9.17) is 4.74 Å². The van der Waals surface area contributed by atoms with Crippen LogP contribution in [0.15, 0.2) is 52.4 Å². The second-order valence-electron chi connectivity index (χ2n) is 7.12. The molecule has 0 spiro atoms. The van der Waals surface area contributed by atoms with Crippen molar-refractivity contribution in [1.82, 2.24) is 9.97 Å². The van der Waals surface area contributed by atoms with Gasteiger partial charge in [0.15, 0.2) is 5.16 Å². The SMILES string of the molecule is COc1cccc(CSc2nc(C)c(CC(=O)Nc3ccc(C)cc3C)c(=O)[nH]2)c1. The first-order valence-electron chi connectivity index (χ1n) is 9.58. The van der Waals surface area contributed by atoms with Gasteiger partial charge in [0.05, 0.1) is 13.5 Å². The quantitative estimate of drug-likeness (QED) is 0.440. The number of nitrogens with one attached hydrogen (secondary N) is 2. The molecular weight excluding hydrogens is 398 g/mol. The number of methoxy groups -OCH3 is 1. The topological polar surface area (TPSA) is 84.1 Å². The van der Waals surface area contributed by atoms with Crippen LogP contribution >= 0.6 is 11.8 Å². The Morgan fingerprint density at radius 3 is 2.67 bits per heavy atom. The van der Waals surface area contributed by atoms with E-state index in [0.717, 1.165) is 28.1 Å². The van der Waals surface area contributed by atoms with E-state index in [1.165, 1.54) is 11.8 Å². The van der Waals surface area contributed by atoms with E-state index < -0.39 is 0 Å². The van der Waals surface area contributed by atoms with Crippen LogP contribution in [0.2, 0.25) is 0 Å². The molecule has 1 heterocycles. The molecule has 0 saturated carbocycles. The van der Waals surface area contributed by atoms with Gasteiger partial charge in [0, 0.05) is 22.7 Å². The molecule has 0 saturated heterocycles. The second-order valence-corrected chi connectivity index (χ2v) is 8.08. The molecule has 1 aromatic heterocycles. The number of ether oxygens (including phenoxy) is 1. The van der Waals surface area contributed by atoms with E-state index in [1.54, 1.807) is 14.0 Å². The Labute approximate surface area is 180 Å². The number of amides is 1. The minimum absolute atomic E-state index is 0.0255. The molecule has 30 heavy (non-hydrogen) atoms. The molecule has 0 aliphatic rings. The van der Waals surface area contributed by atoms with Crippen LogP contribution in [0.1, 0.15) is 27.9 Å². The normalized spacial score (nSPS) is 10.7. The number of aromatic nitrogens is 2. The molecule has 0 atom stereocenters. The zero-order valence-electron chi connectivity index (χ0n) is 17.5. The van der Waals surface area contributed by atoms with Crippen molar-refractivity contribution < 1.29 is 9.53 Å². The number of carbonyl (C=O) groups is 1. The lowest BCUT2D eigenvalue weighted by Crippen LogP contribution is -2.24. The van der Waals surface area contributed by atoms with Crippen LogP contribution in [0.4, 0.5) is 5.69 Å². The molecule has 0 fully saturated rings. The number of hydrogen-bond acceptors (Lipinski definition) is 5. The minimum Gasteiger partial charge on any atom is -0.497 e. The summed E-state index contributed by atoms with van der Waals surface area (Å²) in [6.45, 7) is 5.70. The lowest BCUT2D eigenvalue weighted by atomic mass is 10.1. The number of aryl methyl sites for hydroxylation is 3. The number of nitrogens with zero attached hydrogens (tertiary/aromatic N) is 1. The molecule has 156 valence electrons. The summed E-state index contributed by atoms with van der Waals surface area (Å²) in [7, 11) is 1.63. The molecule has 1 amide bonds. The highest BCUT2D eigenvalue weighted by Crippen LogP contribution is 2.22. The maximum Gasteiger partial charge on any atom is 0.255 e. The number of thioether (sulfide) groups is 1. The molecule has 2 aromatic carbocycles. The zero-order chi connectivity index (χ0) is 21.7. The number of hydrogen-bond donors (Lipinski definition) is 2. The first-order valence-corrected chi connectivity index (χ1v) is 10.6. The van der Waals surface area contributed by atoms with Crippen molar-refractivity contribution in [3.8, 4) is 5.75 Å². The van der Waals surface area contributed by atoms with Crippen molar-refractivity contribution >= 4 is 23.4 Å². The van der Waals surface area contributed by atoms with Gasteiger partial charge in [-0.2, -0.15) is 0 Å². The molecule has 2 N–H and O–H groups in total. The first kappa shape index (κ1) is 21.6. The third kappa shape index (κ3) is 5.51. The van der Waals surface area contributed by atoms with E-state index in [1.807, 2.05) is 56.3 Å². The summed E-state index contributed by atoms with van der Waals surface area (Å²) in [5.74, 6) is 1.19. The van der Waals surface area contributed by atoms with Crippen molar-refractivity contribution in [1.29, 1.82) is 0 Å². The molecule has 0 unspecified atom stereocenters. The van der Waals surface area contributed by atoms with Crippen LogP contribution < -0.4 is 15.6 Å². The lowest BCUT2D eigenvalue weighted by molar-refractivity contribution is -0.115. The average Bonchev–Trinajstić information content (AvgIpc) is 2.71. The van der Waals surface area contributed by atoms with Gasteiger partial charge in [-0.3, -0.25) is 9.59 Å². The van der Waals surface area contributed by atoms with Crippen molar-refractivity contribution in [2.24, 2.45) is 0 Å². The molecule has 7 heteroatoms. The Morgan fingerprint density at radius 1 is 1.17 bits per heavy atom. The highest BCUT2D eigenvalue weighted by Gasteiger charge is 2.14. The largest absolute Gasteiger partial charge is 0.497 e. The Hall–Kier alpha value is -3.06. The Balaban J connectivity index is 1.68. The van der Waals surface area contributed by atoms with E-state index in [0.29, 0.717) is 22.2 Å². The maximum atomic E-state index is 12.6. The van der Waals surface area contributed by atoms with Gasteiger partial charge in [0.1, 0.15) is 5.75 Å². The van der Waals surface area contributed by atoms with E-state index in [-0.39, 0.29) is 17.9 Å². The second kappa shape index (κ2) is 9.63. The standard InChI is InChI=1S/C23H25N3O3S/c1-14-8-9-20(15(2)10-14)25-21(27)12-19-16(3)24-23(26-22(19)28)30-13-17-6-5-7-18(11-17)29-4/h5-11H,12-13H2,1-4H3,(H,25,27)(H,24,26,28). The van der Waals surface area contributed by atoms with Gasteiger partial charge in [-0.15, -0.1) is 0 Å². The van der Waals surface area contributed by atoms with Gasteiger partial charge in [-0.25, -0.2) is 4.98 Å². The highest BCUT2D eigenvalue weighted by molar-refractivity contribution is 7.98. The van der Waals surface area contributed by atoms with Crippen molar-refractivity contribution in [2.45, 2.75) is 38.1 Å². The molecule has 0 bridgehead atoms. The lowest BCUT2D eigenvalue weighted by Gasteiger charge is -2.10. The van der Waals surface area contributed by atoms with E-state index in [9.17, 15) is 9.59 Å². The number of benzene rings is 2. The number of aromatic amines is 1. The first-order chi connectivity index (χ1) is 14.4. The van der Waals surface area contributed by atoms with Crippen LogP contribution in [-0.2, 0) is 17.0 Å².